The monoisotopic (exact) mass is 121 g/mol. The van der Waals surface area contributed by atoms with Gasteiger partial charge in [0.05, 0.1) is 0 Å². The molecule has 0 spiro atoms. The smallest absolute Gasteiger partial charge is 0.143 e. The van der Waals surface area contributed by atoms with Crippen molar-refractivity contribution in [3.63, 3.8) is 0 Å². The van der Waals surface area contributed by atoms with Gasteiger partial charge in [-0.25, -0.2) is 0 Å². The molecule has 1 heterocycles. The van der Waals surface area contributed by atoms with E-state index in [-0.39, 0.29) is 5.84 Å². The number of nitrogens with one attached hydrogen (secondary N) is 1. The number of hydrogen-bond donors (Lipinski definition) is 2. The fourth-order valence-electron chi connectivity index (χ4n) is 0.409. The zero-order chi connectivity index (χ0) is 6.69. The zero-order valence-corrected chi connectivity index (χ0v) is 4.63. The lowest BCUT2D eigenvalue weighted by Crippen LogP contribution is -2.13. The first-order chi connectivity index (χ1) is 4.30. The Labute approximate surface area is 52.2 Å². The van der Waals surface area contributed by atoms with Crippen molar-refractivity contribution in [1.29, 1.82) is 5.41 Å². The maximum Gasteiger partial charge on any atom is 0.143 e. The van der Waals surface area contributed by atoms with Crippen molar-refractivity contribution in [2.45, 2.75) is 0 Å². The molecule has 4 heteroatoms. The van der Waals surface area contributed by atoms with Crippen molar-refractivity contribution >= 4 is 5.84 Å². The number of nitrogens with two attached hydrogens (primary N) is 1. The van der Waals surface area contributed by atoms with Crippen LogP contribution in [0.15, 0.2) is 12.1 Å². The fourth-order valence-corrected chi connectivity index (χ4v) is 0.409. The van der Waals surface area contributed by atoms with E-state index in [9.17, 15) is 0 Å². The molecule has 0 aliphatic rings. The van der Waals surface area contributed by atoms with Crippen LogP contribution in [0.2, 0.25) is 0 Å². The number of hydrogen-bond acceptors (Lipinski definition) is 3. The molecule has 0 unspecified atom stereocenters. The fraction of sp³-hybridized carbons (Fsp3) is 0. The molecule has 1 rings (SSSR count). The number of aromatic nitrogens is 2. The largest absolute Gasteiger partial charge is 0.382 e. The third-order valence-corrected chi connectivity index (χ3v) is 0.807. The number of amidine groups is 1. The maximum atomic E-state index is 6.90. The predicted octanol–water partition coefficient (Wildman–Crippen LogP) is -0.439. The van der Waals surface area contributed by atoms with Crippen molar-refractivity contribution < 1.29 is 0 Å². The molecule has 0 bridgehead atoms. The van der Waals surface area contributed by atoms with Gasteiger partial charge >= 0.3 is 0 Å². The van der Waals surface area contributed by atoms with Gasteiger partial charge in [-0.15, -0.1) is 10.2 Å². The summed E-state index contributed by atoms with van der Waals surface area (Å²) in [6, 6.07) is 3.14. The molecule has 0 aliphatic carbocycles. The standard InChI is InChI=1S/C5H5N4/c6-5(7)4-2-1-3-8-9-4/h1-2H,(H3,6,7). The van der Waals surface area contributed by atoms with Gasteiger partial charge in [-0.2, -0.15) is 0 Å². The molecule has 0 saturated carbocycles. The molecule has 0 fully saturated rings. The van der Waals surface area contributed by atoms with Crippen molar-refractivity contribution in [2.75, 3.05) is 0 Å². The van der Waals surface area contributed by atoms with Gasteiger partial charge in [-0.3, -0.25) is 5.41 Å². The average Bonchev–Trinajstić information content (AvgIpc) is 1.90. The zero-order valence-electron chi connectivity index (χ0n) is 4.63. The number of rotatable bonds is 1. The van der Waals surface area contributed by atoms with Crippen molar-refractivity contribution in [3.8, 4) is 0 Å². The first-order valence-corrected chi connectivity index (χ1v) is 2.35. The normalized spacial score (nSPS) is 8.89. The summed E-state index contributed by atoms with van der Waals surface area (Å²) in [5.41, 5.74) is 5.46. The summed E-state index contributed by atoms with van der Waals surface area (Å²) >= 11 is 0. The van der Waals surface area contributed by atoms with Crippen LogP contribution < -0.4 is 5.73 Å². The van der Waals surface area contributed by atoms with Crippen LogP contribution >= 0.6 is 0 Å². The SMILES string of the molecule is N=C(N)c1cc[c]nn1. The lowest BCUT2D eigenvalue weighted by atomic mass is 10.4. The van der Waals surface area contributed by atoms with Gasteiger partial charge < -0.3 is 5.73 Å². The topological polar surface area (TPSA) is 75.7 Å². The van der Waals surface area contributed by atoms with Gasteiger partial charge in [0.1, 0.15) is 17.7 Å². The Balaban J connectivity index is 2.98. The van der Waals surface area contributed by atoms with E-state index in [0.29, 0.717) is 5.69 Å². The molecule has 3 N–H and O–H groups in total. The molecule has 0 aromatic carbocycles. The van der Waals surface area contributed by atoms with Crippen LogP contribution in [0.4, 0.5) is 0 Å². The van der Waals surface area contributed by atoms with Crippen LogP contribution in [0.3, 0.4) is 0 Å². The highest BCUT2D eigenvalue weighted by molar-refractivity contribution is 5.92. The minimum Gasteiger partial charge on any atom is -0.382 e. The third-order valence-electron chi connectivity index (χ3n) is 0.807. The van der Waals surface area contributed by atoms with E-state index >= 15 is 0 Å². The highest BCUT2D eigenvalue weighted by atomic mass is 15.1. The van der Waals surface area contributed by atoms with Crippen molar-refractivity contribution in [1.82, 2.24) is 10.2 Å². The Hall–Kier alpha value is -1.45. The summed E-state index contributed by atoms with van der Waals surface area (Å²) < 4.78 is 0. The van der Waals surface area contributed by atoms with Gasteiger partial charge in [0.15, 0.2) is 0 Å². The van der Waals surface area contributed by atoms with Crippen LogP contribution in [0.5, 0.6) is 0 Å². The van der Waals surface area contributed by atoms with E-state index in [4.69, 9.17) is 11.1 Å². The minimum absolute atomic E-state index is 0.0727. The quantitative estimate of drug-likeness (QED) is 0.390. The molecule has 1 aromatic heterocycles. The van der Waals surface area contributed by atoms with E-state index in [1.54, 1.807) is 12.1 Å². The molecule has 0 amide bonds. The summed E-state index contributed by atoms with van der Waals surface area (Å²) in [7, 11) is 0. The number of nitrogens with zero attached hydrogens (tertiary/aromatic N) is 2. The molecule has 0 atom stereocenters. The molecule has 4 nitrogen and oxygen atoms in total. The first-order valence-electron chi connectivity index (χ1n) is 2.35. The van der Waals surface area contributed by atoms with E-state index < -0.39 is 0 Å². The van der Waals surface area contributed by atoms with Gasteiger partial charge in [-0.1, -0.05) is 0 Å². The minimum atomic E-state index is -0.0727. The maximum absolute atomic E-state index is 6.90. The third kappa shape index (κ3) is 1.22. The van der Waals surface area contributed by atoms with Gasteiger partial charge in [-0.05, 0) is 12.1 Å². The Morgan fingerprint density at radius 2 is 2.56 bits per heavy atom. The van der Waals surface area contributed by atoms with Gasteiger partial charge in [0.25, 0.3) is 0 Å². The molecule has 1 radical (unpaired) electrons. The molecule has 0 aliphatic heterocycles. The second-order valence-electron chi connectivity index (χ2n) is 1.46. The molecule has 0 saturated heterocycles. The lowest BCUT2D eigenvalue weighted by Gasteiger charge is -1.90. The van der Waals surface area contributed by atoms with E-state index in [0.717, 1.165) is 0 Å². The molecular weight excluding hydrogens is 116 g/mol. The predicted molar refractivity (Wildman–Crippen MR) is 31.9 cm³/mol. The van der Waals surface area contributed by atoms with Crippen LogP contribution in [-0.4, -0.2) is 16.0 Å². The van der Waals surface area contributed by atoms with Crippen LogP contribution in [0, 0.1) is 11.6 Å². The van der Waals surface area contributed by atoms with Crippen molar-refractivity contribution in [3.05, 3.63) is 24.0 Å². The summed E-state index contributed by atoms with van der Waals surface area (Å²) in [4.78, 5) is 0. The summed E-state index contributed by atoms with van der Waals surface area (Å²) in [6.07, 6.45) is 2.47. The van der Waals surface area contributed by atoms with Crippen molar-refractivity contribution in [2.24, 2.45) is 5.73 Å². The second-order valence-corrected chi connectivity index (χ2v) is 1.46. The highest BCUT2D eigenvalue weighted by Gasteiger charge is 1.93. The van der Waals surface area contributed by atoms with Crippen LogP contribution in [0.1, 0.15) is 5.69 Å². The van der Waals surface area contributed by atoms with Gasteiger partial charge in [0, 0.05) is 0 Å². The Morgan fingerprint density at radius 1 is 1.78 bits per heavy atom. The van der Waals surface area contributed by atoms with Crippen LogP contribution in [-0.2, 0) is 0 Å². The molecule has 45 valence electrons. The Bertz CT molecular complexity index is 205. The second kappa shape index (κ2) is 2.21. The van der Waals surface area contributed by atoms with E-state index in [1.807, 2.05) is 0 Å². The number of nitrogen functional groups attached to an aromatic ring is 1. The molecular formula is C5H5N4. The Morgan fingerprint density at radius 3 is 2.89 bits per heavy atom. The first kappa shape index (κ1) is 5.68. The van der Waals surface area contributed by atoms with Gasteiger partial charge in [0.2, 0.25) is 0 Å². The highest BCUT2D eigenvalue weighted by Crippen LogP contribution is 1.85. The summed E-state index contributed by atoms with van der Waals surface area (Å²) in [6.45, 7) is 0. The molecule has 1 aromatic rings. The van der Waals surface area contributed by atoms with Crippen LogP contribution in [0.25, 0.3) is 0 Å². The average molecular weight is 121 g/mol. The van der Waals surface area contributed by atoms with E-state index in [1.165, 1.54) is 0 Å². The summed E-state index contributed by atoms with van der Waals surface area (Å²) in [5, 5.41) is 13.8. The molecule has 9 heavy (non-hydrogen) atoms. The van der Waals surface area contributed by atoms with E-state index in [2.05, 4.69) is 16.4 Å². The Kier molecular flexibility index (Phi) is 1.40. The summed E-state index contributed by atoms with van der Waals surface area (Å²) in [5.74, 6) is -0.0727. The lowest BCUT2D eigenvalue weighted by molar-refractivity contribution is 1.00.